The van der Waals surface area contributed by atoms with Gasteiger partial charge in [0, 0.05) is 50.9 Å². The van der Waals surface area contributed by atoms with Crippen molar-refractivity contribution < 1.29 is 14.3 Å². The van der Waals surface area contributed by atoms with E-state index >= 15 is 0 Å². The third-order valence-electron chi connectivity index (χ3n) is 4.94. The number of anilines is 1. The van der Waals surface area contributed by atoms with Crippen LogP contribution in [-0.2, 0) is 7.05 Å². The van der Waals surface area contributed by atoms with Crippen LogP contribution in [0.2, 0.25) is 0 Å². The Morgan fingerprint density at radius 2 is 1.75 bits per heavy atom. The van der Waals surface area contributed by atoms with Crippen molar-refractivity contribution in [3.05, 3.63) is 36.4 Å². The second kappa shape index (κ2) is 7.34. The number of hydrogen-bond acceptors (Lipinski definition) is 7. The van der Waals surface area contributed by atoms with Crippen molar-refractivity contribution in [1.82, 2.24) is 24.6 Å². The summed E-state index contributed by atoms with van der Waals surface area (Å²) in [4.78, 5) is 25.5. The van der Waals surface area contributed by atoms with Gasteiger partial charge in [-0.15, -0.1) is 0 Å². The van der Waals surface area contributed by atoms with Crippen LogP contribution in [0.25, 0.3) is 10.9 Å². The molecule has 0 saturated carbocycles. The molecule has 9 heteroatoms. The fourth-order valence-corrected chi connectivity index (χ4v) is 3.46. The van der Waals surface area contributed by atoms with Gasteiger partial charge in [0.1, 0.15) is 12.1 Å². The SMILES string of the molecule is COc1cc2ncnc(N3CCN(C(=O)c4cnn(C)c4)CC3)c2cc1OC. The summed E-state index contributed by atoms with van der Waals surface area (Å²) < 4.78 is 12.4. The van der Waals surface area contributed by atoms with Crippen LogP contribution in [0.1, 0.15) is 10.4 Å². The highest BCUT2D eigenvalue weighted by atomic mass is 16.5. The Hall–Kier alpha value is -3.36. The molecule has 0 N–H and O–H groups in total. The molecule has 1 fully saturated rings. The van der Waals surface area contributed by atoms with E-state index in [4.69, 9.17) is 9.47 Å². The summed E-state index contributed by atoms with van der Waals surface area (Å²) in [5.74, 6) is 2.11. The molecule has 3 aromatic rings. The Balaban J connectivity index is 1.56. The Kier molecular flexibility index (Phi) is 4.72. The van der Waals surface area contributed by atoms with Crippen molar-refractivity contribution >= 4 is 22.6 Å². The quantitative estimate of drug-likeness (QED) is 0.673. The van der Waals surface area contributed by atoms with E-state index < -0.39 is 0 Å². The number of carbonyl (C=O) groups excluding carboxylic acids is 1. The summed E-state index contributed by atoms with van der Waals surface area (Å²) in [5, 5.41) is 4.97. The topological polar surface area (TPSA) is 85.6 Å². The van der Waals surface area contributed by atoms with Crippen LogP contribution in [-0.4, -0.2) is 71.0 Å². The van der Waals surface area contributed by atoms with Gasteiger partial charge in [-0.2, -0.15) is 5.10 Å². The van der Waals surface area contributed by atoms with E-state index in [-0.39, 0.29) is 5.91 Å². The molecule has 9 nitrogen and oxygen atoms in total. The van der Waals surface area contributed by atoms with Crippen molar-refractivity contribution in [2.24, 2.45) is 7.05 Å². The molecule has 0 aliphatic carbocycles. The molecular weight excluding hydrogens is 360 g/mol. The van der Waals surface area contributed by atoms with Crippen molar-refractivity contribution in [1.29, 1.82) is 0 Å². The molecule has 0 unspecified atom stereocenters. The fourth-order valence-electron chi connectivity index (χ4n) is 3.46. The Bertz CT molecular complexity index is 1010. The van der Waals surface area contributed by atoms with Crippen molar-refractivity contribution in [2.75, 3.05) is 45.3 Å². The first kappa shape index (κ1) is 18.0. The lowest BCUT2D eigenvalue weighted by Gasteiger charge is -2.35. The standard InChI is InChI=1S/C19H22N6O3/c1-23-11-13(10-22-23)19(26)25-6-4-24(5-7-25)18-14-8-16(27-2)17(28-3)9-15(14)20-12-21-18/h8-12H,4-7H2,1-3H3. The number of amides is 1. The minimum absolute atomic E-state index is 0.00620. The van der Waals surface area contributed by atoms with Gasteiger partial charge in [-0.05, 0) is 6.07 Å². The largest absolute Gasteiger partial charge is 0.493 e. The highest BCUT2D eigenvalue weighted by Crippen LogP contribution is 2.34. The van der Waals surface area contributed by atoms with Crippen LogP contribution in [0.3, 0.4) is 0 Å². The molecule has 1 aromatic carbocycles. The van der Waals surface area contributed by atoms with Gasteiger partial charge >= 0.3 is 0 Å². The highest BCUT2D eigenvalue weighted by Gasteiger charge is 2.25. The number of benzene rings is 1. The molecule has 1 aliphatic rings. The molecule has 4 rings (SSSR count). The number of ether oxygens (including phenoxy) is 2. The highest BCUT2D eigenvalue weighted by molar-refractivity contribution is 5.94. The number of piperazine rings is 1. The molecule has 0 atom stereocenters. The first-order valence-corrected chi connectivity index (χ1v) is 9.00. The molecule has 146 valence electrons. The van der Waals surface area contributed by atoms with Crippen LogP contribution in [0.4, 0.5) is 5.82 Å². The van der Waals surface area contributed by atoms with E-state index in [0.717, 1.165) is 16.7 Å². The molecule has 3 heterocycles. The first-order chi connectivity index (χ1) is 13.6. The monoisotopic (exact) mass is 382 g/mol. The van der Waals surface area contributed by atoms with Gasteiger partial charge < -0.3 is 19.3 Å². The average Bonchev–Trinajstić information content (AvgIpc) is 3.18. The molecule has 1 saturated heterocycles. The number of rotatable bonds is 4. The van der Waals surface area contributed by atoms with Crippen molar-refractivity contribution in [3.8, 4) is 11.5 Å². The molecule has 0 bridgehead atoms. The van der Waals surface area contributed by atoms with E-state index in [2.05, 4.69) is 20.0 Å². The van der Waals surface area contributed by atoms with Gasteiger partial charge in [-0.3, -0.25) is 9.48 Å². The summed E-state index contributed by atoms with van der Waals surface area (Å²) in [6, 6.07) is 3.75. The maximum absolute atomic E-state index is 12.6. The third kappa shape index (κ3) is 3.19. The van der Waals surface area contributed by atoms with Crippen LogP contribution in [0.15, 0.2) is 30.9 Å². The molecule has 2 aromatic heterocycles. The predicted molar refractivity (Wildman–Crippen MR) is 104 cm³/mol. The van der Waals surface area contributed by atoms with Gasteiger partial charge in [0.15, 0.2) is 11.5 Å². The fraction of sp³-hybridized carbons (Fsp3) is 0.368. The Morgan fingerprint density at radius 3 is 2.39 bits per heavy atom. The number of hydrogen-bond donors (Lipinski definition) is 0. The molecule has 0 spiro atoms. The lowest BCUT2D eigenvalue weighted by atomic mass is 10.1. The van der Waals surface area contributed by atoms with Gasteiger partial charge in [-0.1, -0.05) is 0 Å². The average molecular weight is 382 g/mol. The summed E-state index contributed by atoms with van der Waals surface area (Å²) in [6.45, 7) is 2.61. The summed E-state index contributed by atoms with van der Waals surface area (Å²) in [5.41, 5.74) is 1.40. The lowest BCUT2D eigenvalue weighted by molar-refractivity contribution is 0.0746. The van der Waals surface area contributed by atoms with Crippen LogP contribution in [0, 0.1) is 0 Å². The van der Waals surface area contributed by atoms with Gasteiger partial charge in [0.25, 0.3) is 5.91 Å². The summed E-state index contributed by atoms with van der Waals surface area (Å²) in [7, 11) is 5.01. The minimum atomic E-state index is 0.00620. The predicted octanol–water partition coefficient (Wildman–Crippen LogP) is 1.34. The minimum Gasteiger partial charge on any atom is -0.493 e. The zero-order valence-electron chi connectivity index (χ0n) is 16.1. The zero-order chi connectivity index (χ0) is 19.7. The second-order valence-corrected chi connectivity index (χ2v) is 6.60. The number of aromatic nitrogens is 4. The normalized spacial score (nSPS) is 14.4. The number of fused-ring (bicyclic) bond motifs is 1. The number of carbonyl (C=O) groups is 1. The first-order valence-electron chi connectivity index (χ1n) is 9.00. The lowest BCUT2D eigenvalue weighted by Crippen LogP contribution is -2.49. The summed E-state index contributed by atoms with van der Waals surface area (Å²) in [6.07, 6.45) is 4.90. The van der Waals surface area contributed by atoms with Gasteiger partial charge in [0.2, 0.25) is 0 Å². The maximum Gasteiger partial charge on any atom is 0.257 e. The molecule has 1 amide bonds. The Labute approximate surface area is 162 Å². The molecule has 28 heavy (non-hydrogen) atoms. The summed E-state index contributed by atoms with van der Waals surface area (Å²) >= 11 is 0. The molecule has 0 radical (unpaired) electrons. The van der Waals surface area contributed by atoms with Crippen molar-refractivity contribution in [3.63, 3.8) is 0 Å². The number of aryl methyl sites for hydroxylation is 1. The second-order valence-electron chi connectivity index (χ2n) is 6.60. The third-order valence-corrected chi connectivity index (χ3v) is 4.94. The van der Waals surface area contributed by atoms with E-state index in [9.17, 15) is 4.79 Å². The van der Waals surface area contributed by atoms with E-state index in [1.165, 1.54) is 0 Å². The van der Waals surface area contributed by atoms with E-state index in [1.54, 1.807) is 44.7 Å². The Morgan fingerprint density at radius 1 is 1.04 bits per heavy atom. The molecule has 1 aliphatic heterocycles. The van der Waals surface area contributed by atoms with E-state index in [0.29, 0.717) is 43.2 Å². The molecular formula is C19H22N6O3. The van der Waals surface area contributed by atoms with E-state index in [1.807, 2.05) is 17.0 Å². The number of methoxy groups -OCH3 is 2. The van der Waals surface area contributed by atoms with Crippen LogP contribution < -0.4 is 14.4 Å². The van der Waals surface area contributed by atoms with Crippen LogP contribution >= 0.6 is 0 Å². The smallest absolute Gasteiger partial charge is 0.257 e. The van der Waals surface area contributed by atoms with Crippen LogP contribution in [0.5, 0.6) is 11.5 Å². The van der Waals surface area contributed by atoms with Crippen molar-refractivity contribution in [2.45, 2.75) is 0 Å². The maximum atomic E-state index is 12.6. The van der Waals surface area contributed by atoms with Gasteiger partial charge in [-0.25, -0.2) is 9.97 Å². The zero-order valence-corrected chi connectivity index (χ0v) is 16.1. The number of nitrogens with zero attached hydrogens (tertiary/aromatic N) is 6. The van der Waals surface area contributed by atoms with Gasteiger partial charge in [0.05, 0.1) is 31.5 Å².